The monoisotopic (exact) mass is 294 g/mol. The molecular formula is C13H21F3N2O2. The molecule has 0 saturated carbocycles. The minimum atomic E-state index is -4.33. The molecule has 20 heavy (non-hydrogen) atoms. The molecule has 0 aromatic carbocycles. The van der Waals surface area contributed by atoms with Crippen molar-refractivity contribution >= 4 is 11.8 Å². The molecule has 1 aliphatic rings. The number of carbonyl (C=O) groups excluding carboxylic acids is 2. The summed E-state index contributed by atoms with van der Waals surface area (Å²) in [7, 11) is 0. The van der Waals surface area contributed by atoms with E-state index >= 15 is 0 Å². The summed E-state index contributed by atoms with van der Waals surface area (Å²) in [5.41, 5.74) is -0.548. The van der Waals surface area contributed by atoms with Gasteiger partial charge in [-0.05, 0) is 12.3 Å². The largest absolute Gasteiger partial charge is 0.391 e. The number of carbonyl (C=O) groups is 2. The lowest BCUT2D eigenvalue weighted by molar-refractivity contribution is -0.155. The highest BCUT2D eigenvalue weighted by atomic mass is 19.4. The van der Waals surface area contributed by atoms with Crippen molar-refractivity contribution in [2.24, 2.45) is 5.41 Å². The highest BCUT2D eigenvalue weighted by Gasteiger charge is 2.41. The second-order valence-electron chi connectivity index (χ2n) is 6.32. The van der Waals surface area contributed by atoms with Gasteiger partial charge in [-0.3, -0.25) is 9.59 Å². The molecule has 2 amide bonds. The first-order valence-corrected chi connectivity index (χ1v) is 6.58. The Kier molecular flexibility index (Phi) is 4.71. The molecule has 0 bridgehead atoms. The zero-order valence-electron chi connectivity index (χ0n) is 12.2. The number of nitrogens with zero attached hydrogens (tertiary/aromatic N) is 1. The molecule has 1 saturated heterocycles. The number of halogens is 3. The molecule has 2 atom stereocenters. The third-order valence-electron chi connectivity index (χ3n) is 3.34. The van der Waals surface area contributed by atoms with Crippen LogP contribution in [0.4, 0.5) is 13.2 Å². The summed E-state index contributed by atoms with van der Waals surface area (Å²) >= 11 is 0. The average Bonchev–Trinajstić information content (AvgIpc) is 2.35. The summed E-state index contributed by atoms with van der Waals surface area (Å²) in [4.78, 5) is 25.2. The average molecular weight is 294 g/mol. The summed E-state index contributed by atoms with van der Waals surface area (Å²) < 4.78 is 37.4. The van der Waals surface area contributed by atoms with Crippen molar-refractivity contribution in [3.8, 4) is 0 Å². The van der Waals surface area contributed by atoms with Crippen LogP contribution in [0.5, 0.6) is 0 Å². The Bertz CT molecular complexity index is 388. The Hall–Kier alpha value is -1.27. The Labute approximate surface area is 116 Å². The van der Waals surface area contributed by atoms with Gasteiger partial charge < -0.3 is 10.2 Å². The van der Waals surface area contributed by atoms with Crippen LogP contribution in [-0.2, 0) is 9.59 Å². The molecule has 1 fully saturated rings. The molecule has 0 spiro atoms. The fourth-order valence-electron chi connectivity index (χ4n) is 2.26. The third-order valence-corrected chi connectivity index (χ3v) is 3.34. The highest BCUT2D eigenvalue weighted by molar-refractivity contribution is 5.90. The topological polar surface area (TPSA) is 49.4 Å². The maximum Gasteiger partial charge on any atom is 0.391 e. The zero-order chi connectivity index (χ0) is 15.7. The van der Waals surface area contributed by atoms with E-state index < -0.39 is 36.0 Å². The Morgan fingerprint density at radius 2 is 1.85 bits per heavy atom. The summed E-state index contributed by atoms with van der Waals surface area (Å²) in [5.74, 6) is -0.750. The van der Waals surface area contributed by atoms with Gasteiger partial charge in [-0.1, -0.05) is 20.8 Å². The number of hydrogen-bond acceptors (Lipinski definition) is 2. The molecule has 1 N–H and O–H groups in total. The van der Waals surface area contributed by atoms with E-state index in [4.69, 9.17) is 0 Å². The van der Waals surface area contributed by atoms with E-state index in [0.717, 1.165) is 0 Å². The molecule has 0 aliphatic carbocycles. The predicted molar refractivity (Wildman–Crippen MR) is 67.8 cm³/mol. The molecule has 2 unspecified atom stereocenters. The van der Waals surface area contributed by atoms with Gasteiger partial charge in [0.05, 0.1) is 6.42 Å². The van der Waals surface area contributed by atoms with Gasteiger partial charge in [0.1, 0.15) is 6.04 Å². The van der Waals surface area contributed by atoms with Crippen LogP contribution in [0.15, 0.2) is 0 Å². The number of alkyl halides is 3. The molecule has 4 nitrogen and oxygen atoms in total. The minimum absolute atomic E-state index is 0.0223. The summed E-state index contributed by atoms with van der Waals surface area (Å²) in [5, 5.41) is 2.60. The quantitative estimate of drug-likeness (QED) is 0.848. The van der Waals surface area contributed by atoms with Gasteiger partial charge in [0.15, 0.2) is 0 Å². The van der Waals surface area contributed by atoms with E-state index in [1.807, 2.05) is 0 Å². The van der Waals surface area contributed by atoms with Crippen LogP contribution in [-0.4, -0.2) is 41.5 Å². The van der Waals surface area contributed by atoms with Crippen molar-refractivity contribution in [2.75, 3.05) is 6.54 Å². The van der Waals surface area contributed by atoms with Gasteiger partial charge in [-0.2, -0.15) is 13.2 Å². The van der Waals surface area contributed by atoms with E-state index in [9.17, 15) is 22.8 Å². The van der Waals surface area contributed by atoms with E-state index in [2.05, 4.69) is 5.32 Å². The first kappa shape index (κ1) is 16.8. The van der Waals surface area contributed by atoms with Gasteiger partial charge in [0, 0.05) is 19.0 Å². The molecule has 0 radical (unpaired) electrons. The molecular weight excluding hydrogens is 273 g/mol. The van der Waals surface area contributed by atoms with E-state index in [0.29, 0.717) is 0 Å². The summed E-state index contributed by atoms with van der Waals surface area (Å²) in [6, 6.07) is -1.77. The first-order valence-electron chi connectivity index (χ1n) is 6.58. The smallest absolute Gasteiger partial charge is 0.344 e. The van der Waals surface area contributed by atoms with E-state index in [-0.39, 0.29) is 18.9 Å². The normalized spacial score (nSPS) is 23.4. The van der Waals surface area contributed by atoms with Crippen LogP contribution >= 0.6 is 0 Å². The molecule has 7 heteroatoms. The predicted octanol–water partition coefficient (Wildman–Crippen LogP) is 2.09. The van der Waals surface area contributed by atoms with E-state index in [1.54, 1.807) is 20.8 Å². The number of amides is 2. The number of nitrogens with one attached hydrogen (secondary N) is 1. The SMILES string of the molecule is CC(CC(F)(F)F)N1CCC(=O)NC(C(C)(C)C)C1=O. The lowest BCUT2D eigenvalue weighted by Crippen LogP contribution is -2.54. The zero-order valence-corrected chi connectivity index (χ0v) is 12.2. The van der Waals surface area contributed by atoms with E-state index in [1.165, 1.54) is 11.8 Å². The Balaban J connectivity index is 2.95. The first-order chi connectivity index (χ1) is 8.92. The van der Waals surface area contributed by atoms with Crippen molar-refractivity contribution in [3.63, 3.8) is 0 Å². The van der Waals surface area contributed by atoms with Crippen LogP contribution in [0.3, 0.4) is 0 Å². The molecule has 0 aromatic rings. The minimum Gasteiger partial charge on any atom is -0.344 e. The lowest BCUT2D eigenvalue weighted by atomic mass is 9.85. The van der Waals surface area contributed by atoms with Crippen LogP contribution in [0.25, 0.3) is 0 Å². The maximum atomic E-state index is 12.5. The van der Waals surface area contributed by atoms with Gasteiger partial charge >= 0.3 is 6.18 Å². The van der Waals surface area contributed by atoms with Gasteiger partial charge in [-0.25, -0.2) is 0 Å². The Morgan fingerprint density at radius 3 is 2.30 bits per heavy atom. The van der Waals surface area contributed by atoms with Crippen LogP contribution < -0.4 is 5.32 Å². The van der Waals surface area contributed by atoms with Crippen molar-refractivity contribution < 1.29 is 22.8 Å². The van der Waals surface area contributed by atoms with Gasteiger partial charge in [0.2, 0.25) is 11.8 Å². The highest BCUT2D eigenvalue weighted by Crippen LogP contribution is 2.28. The van der Waals surface area contributed by atoms with Gasteiger partial charge in [-0.15, -0.1) is 0 Å². The van der Waals surface area contributed by atoms with Crippen LogP contribution in [0.2, 0.25) is 0 Å². The third kappa shape index (κ3) is 4.38. The van der Waals surface area contributed by atoms with Crippen molar-refractivity contribution in [3.05, 3.63) is 0 Å². The molecule has 1 rings (SSSR count). The fourth-order valence-corrected chi connectivity index (χ4v) is 2.26. The van der Waals surface area contributed by atoms with Crippen molar-refractivity contribution in [1.29, 1.82) is 0 Å². The standard InChI is InChI=1S/C13H21F3N2O2/c1-8(7-13(14,15)16)18-6-5-9(19)17-10(11(18)20)12(2,3)4/h8,10H,5-7H2,1-4H3,(H,17,19). The molecule has 0 aromatic heterocycles. The second kappa shape index (κ2) is 5.61. The van der Waals surface area contributed by atoms with Gasteiger partial charge in [0.25, 0.3) is 0 Å². The summed E-state index contributed by atoms with van der Waals surface area (Å²) in [6.07, 6.45) is -5.37. The molecule has 116 valence electrons. The van der Waals surface area contributed by atoms with Crippen LogP contribution in [0.1, 0.15) is 40.5 Å². The summed E-state index contributed by atoms with van der Waals surface area (Å²) in [6.45, 7) is 6.70. The van der Waals surface area contributed by atoms with Crippen molar-refractivity contribution in [1.82, 2.24) is 10.2 Å². The molecule has 1 heterocycles. The van der Waals surface area contributed by atoms with Crippen LogP contribution in [0, 0.1) is 5.41 Å². The second-order valence-corrected chi connectivity index (χ2v) is 6.32. The fraction of sp³-hybridized carbons (Fsp3) is 0.846. The Morgan fingerprint density at radius 1 is 1.30 bits per heavy atom. The number of hydrogen-bond donors (Lipinski definition) is 1. The maximum absolute atomic E-state index is 12.5. The molecule has 1 aliphatic heterocycles. The van der Waals surface area contributed by atoms with Crippen molar-refractivity contribution in [2.45, 2.75) is 58.8 Å². The lowest BCUT2D eigenvalue weighted by Gasteiger charge is -2.35. The number of rotatable bonds is 2.